The Kier molecular flexibility index (Phi) is 4.12. The van der Waals surface area contributed by atoms with Crippen LogP contribution in [0.25, 0.3) is 10.2 Å². The predicted octanol–water partition coefficient (Wildman–Crippen LogP) is 3.24. The van der Waals surface area contributed by atoms with Gasteiger partial charge in [0.1, 0.15) is 16.3 Å². The third-order valence-corrected chi connectivity index (χ3v) is 6.41. The molecule has 1 aromatic carbocycles. The van der Waals surface area contributed by atoms with E-state index in [0.29, 0.717) is 40.7 Å². The molecule has 0 radical (unpaired) electrons. The van der Waals surface area contributed by atoms with E-state index in [1.165, 1.54) is 35.7 Å². The highest BCUT2D eigenvalue weighted by atomic mass is 32.1. The normalized spacial score (nSPS) is 13.7. The molecule has 2 amide bonds. The number of para-hydroxylation sites is 1. The Labute approximate surface area is 156 Å². The second-order valence-electron chi connectivity index (χ2n) is 5.99. The van der Waals surface area contributed by atoms with Crippen molar-refractivity contribution in [3.05, 3.63) is 40.0 Å². The van der Waals surface area contributed by atoms with E-state index in [2.05, 4.69) is 10.3 Å². The molecule has 6 nitrogen and oxygen atoms in total. The van der Waals surface area contributed by atoms with Gasteiger partial charge in [-0.25, -0.2) is 9.37 Å². The molecule has 134 valence electrons. The van der Waals surface area contributed by atoms with Crippen molar-refractivity contribution in [1.29, 1.82) is 0 Å². The minimum Gasteiger partial charge on any atom is -0.365 e. The number of rotatable bonds is 3. The van der Waals surface area contributed by atoms with Crippen LogP contribution >= 0.6 is 22.7 Å². The smallest absolute Gasteiger partial charge is 0.251 e. The van der Waals surface area contributed by atoms with Gasteiger partial charge in [-0.2, -0.15) is 0 Å². The Bertz CT molecular complexity index is 1040. The first-order valence-corrected chi connectivity index (χ1v) is 9.59. The number of benzene rings is 1. The Balaban J connectivity index is 1.73. The van der Waals surface area contributed by atoms with E-state index in [1.54, 1.807) is 17.0 Å². The molecule has 0 spiro atoms. The number of fused-ring (bicyclic) bond motifs is 2. The lowest BCUT2D eigenvalue weighted by Crippen LogP contribution is -2.34. The van der Waals surface area contributed by atoms with Gasteiger partial charge in [0.15, 0.2) is 5.13 Å². The molecule has 1 aliphatic heterocycles. The van der Waals surface area contributed by atoms with Crippen molar-refractivity contribution in [2.45, 2.75) is 19.9 Å². The van der Waals surface area contributed by atoms with Gasteiger partial charge >= 0.3 is 0 Å². The molecule has 1 aliphatic rings. The lowest BCUT2D eigenvalue weighted by atomic mass is 10.0. The van der Waals surface area contributed by atoms with Crippen LogP contribution in [0.15, 0.2) is 18.2 Å². The number of carbonyl (C=O) groups is 2. The molecule has 0 saturated heterocycles. The topological polar surface area (TPSA) is 88.3 Å². The lowest BCUT2D eigenvalue weighted by Gasteiger charge is -2.25. The van der Waals surface area contributed by atoms with Gasteiger partial charge in [-0.1, -0.05) is 17.4 Å². The summed E-state index contributed by atoms with van der Waals surface area (Å²) in [4.78, 5) is 30.6. The summed E-state index contributed by atoms with van der Waals surface area (Å²) in [6, 6.07) is 4.79. The molecule has 3 aromatic rings. The first-order valence-electron chi connectivity index (χ1n) is 7.96. The third-order valence-electron chi connectivity index (χ3n) is 4.34. The van der Waals surface area contributed by atoms with E-state index in [4.69, 9.17) is 5.73 Å². The number of aromatic nitrogens is 1. The summed E-state index contributed by atoms with van der Waals surface area (Å²) >= 11 is 2.69. The number of carbonyl (C=O) groups excluding carboxylic acids is 2. The van der Waals surface area contributed by atoms with Crippen LogP contribution in [0, 0.1) is 5.82 Å². The molecule has 3 heterocycles. The number of primary amides is 1. The maximum Gasteiger partial charge on any atom is 0.251 e. The van der Waals surface area contributed by atoms with Crippen LogP contribution < -0.4 is 11.1 Å². The van der Waals surface area contributed by atoms with Crippen molar-refractivity contribution >= 4 is 54.8 Å². The van der Waals surface area contributed by atoms with Crippen molar-refractivity contribution in [2.75, 3.05) is 11.9 Å². The zero-order valence-corrected chi connectivity index (χ0v) is 15.5. The lowest BCUT2D eigenvalue weighted by molar-refractivity contribution is -0.129. The molecule has 2 aromatic heterocycles. The summed E-state index contributed by atoms with van der Waals surface area (Å²) < 4.78 is 14.6. The number of nitrogens with one attached hydrogen (secondary N) is 1. The van der Waals surface area contributed by atoms with Crippen molar-refractivity contribution in [2.24, 2.45) is 5.73 Å². The van der Waals surface area contributed by atoms with Gasteiger partial charge in [0, 0.05) is 18.3 Å². The Morgan fingerprint density at radius 2 is 2.15 bits per heavy atom. The quantitative estimate of drug-likeness (QED) is 0.719. The average molecular weight is 390 g/mol. The van der Waals surface area contributed by atoms with Crippen molar-refractivity contribution in [3.8, 4) is 0 Å². The maximum atomic E-state index is 13.9. The first kappa shape index (κ1) is 16.9. The number of hydrogen-bond donors (Lipinski definition) is 2. The van der Waals surface area contributed by atoms with E-state index in [9.17, 15) is 14.0 Å². The van der Waals surface area contributed by atoms with Gasteiger partial charge in [-0.15, -0.1) is 11.3 Å². The summed E-state index contributed by atoms with van der Waals surface area (Å²) in [5, 5.41) is 4.21. The largest absolute Gasteiger partial charge is 0.365 e. The van der Waals surface area contributed by atoms with Gasteiger partial charge in [0.2, 0.25) is 5.91 Å². The van der Waals surface area contributed by atoms with Crippen LogP contribution in [0.4, 0.5) is 14.5 Å². The van der Waals surface area contributed by atoms with Crippen LogP contribution in [0.3, 0.4) is 0 Å². The first-order chi connectivity index (χ1) is 12.4. The van der Waals surface area contributed by atoms with E-state index >= 15 is 0 Å². The predicted molar refractivity (Wildman–Crippen MR) is 100 cm³/mol. The van der Waals surface area contributed by atoms with E-state index < -0.39 is 5.91 Å². The Morgan fingerprint density at radius 3 is 2.85 bits per heavy atom. The third kappa shape index (κ3) is 2.82. The van der Waals surface area contributed by atoms with Crippen LogP contribution in [0.1, 0.15) is 27.7 Å². The second-order valence-corrected chi connectivity index (χ2v) is 8.13. The zero-order chi connectivity index (χ0) is 18.4. The molecule has 0 bridgehead atoms. The fourth-order valence-electron chi connectivity index (χ4n) is 3.09. The molecule has 0 saturated carbocycles. The number of thiazole rings is 1. The molecule has 0 atom stereocenters. The summed E-state index contributed by atoms with van der Waals surface area (Å²) in [6.07, 6.45) is 0.583. The second kappa shape index (κ2) is 6.33. The van der Waals surface area contributed by atoms with Gasteiger partial charge in [0.05, 0.1) is 16.8 Å². The summed E-state index contributed by atoms with van der Waals surface area (Å²) in [7, 11) is 0. The zero-order valence-electron chi connectivity index (χ0n) is 13.8. The van der Waals surface area contributed by atoms with Crippen LogP contribution in [-0.2, 0) is 17.8 Å². The molecule has 0 unspecified atom stereocenters. The highest BCUT2D eigenvalue weighted by Crippen LogP contribution is 2.39. The molecule has 4 rings (SSSR count). The number of hydrogen-bond acceptors (Lipinski definition) is 6. The molecule has 26 heavy (non-hydrogen) atoms. The molecule has 9 heteroatoms. The molecule has 0 aliphatic carbocycles. The van der Waals surface area contributed by atoms with E-state index in [-0.39, 0.29) is 11.7 Å². The van der Waals surface area contributed by atoms with E-state index in [1.807, 2.05) is 0 Å². The number of nitrogens with zero attached hydrogens (tertiary/aromatic N) is 2. The molecule has 3 N–H and O–H groups in total. The summed E-state index contributed by atoms with van der Waals surface area (Å²) in [5.41, 5.74) is 7.22. The number of thiophene rings is 1. The standard InChI is InChI=1S/C17H15FN4O2S2/c1-8(23)22-6-5-9-12(7-22)25-16(13(9)15(19)24)21-17-20-14-10(18)3-2-4-11(14)26-17/h2-4H,5-7H2,1H3,(H2,19,24)(H,20,21). The Hall–Kier alpha value is -2.52. The van der Waals surface area contributed by atoms with Gasteiger partial charge in [-0.3, -0.25) is 9.59 Å². The monoisotopic (exact) mass is 390 g/mol. The molecular formula is C17H15FN4O2S2. The fraction of sp³-hybridized carbons (Fsp3) is 0.235. The number of amides is 2. The van der Waals surface area contributed by atoms with Crippen LogP contribution in [0.5, 0.6) is 0 Å². The summed E-state index contributed by atoms with van der Waals surface area (Å²) in [6.45, 7) is 2.55. The fourth-order valence-corrected chi connectivity index (χ4v) is 5.30. The molecular weight excluding hydrogens is 375 g/mol. The van der Waals surface area contributed by atoms with Gasteiger partial charge in [-0.05, 0) is 24.1 Å². The van der Waals surface area contributed by atoms with Crippen molar-refractivity contribution in [1.82, 2.24) is 9.88 Å². The number of halogens is 1. The van der Waals surface area contributed by atoms with Crippen LogP contribution in [0.2, 0.25) is 0 Å². The number of nitrogens with two attached hydrogens (primary N) is 1. The maximum absolute atomic E-state index is 13.9. The van der Waals surface area contributed by atoms with Crippen molar-refractivity contribution < 1.29 is 14.0 Å². The van der Waals surface area contributed by atoms with Crippen molar-refractivity contribution in [3.63, 3.8) is 0 Å². The highest BCUT2D eigenvalue weighted by Gasteiger charge is 2.28. The minimum atomic E-state index is -0.520. The minimum absolute atomic E-state index is 0.000771. The van der Waals surface area contributed by atoms with E-state index in [0.717, 1.165) is 15.1 Å². The SMILES string of the molecule is CC(=O)N1CCc2c(sc(Nc3nc4c(F)cccc4s3)c2C(N)=O)C1. The summed E-state index contributed by atoms with van der Waals surface area (Å²) in [5.74, 6) is -0.904. The van der Waals surface area contributed by atoms with Gasteiger partial charge < -0.3 is 16.0 Å². The number of anilines is 2. The van der Waals surface area contributed by atoms with Gasteiger partial charge in [0.25, 0.3) is 5.91 Å². The highest BCUT2D eigenvalue weighted by molar-refractivity contribution is 7.23. The molecule has 0 fully saturated rings. The average Bonchev–Trinajstić information content (AvgIpc) is 3.15. The Morgan fingerprint density at radius 1 is 1.35 bits per heavy atom. The van der Waals surface area contributed by atoms with Crippen LogP contribution in [-0.4, -0.2) is 28.2 Å².